The third kappa shape index (κ3) is 5.33. The fourth-order valence-electron chi connectivity index (χ4n) is 2.21. The van der Waals surface area contributed by atoms with Crippen molar-refractivity contribution < 1.29 is 17.9 Å². The van der Waals surface area contributed by atoms with Gasteiger partial charge in [0.25, 0.3) is 0 Å². The number of hydrogen-bond donors (Lipinski definition) is 3. The summed E-state index contributed by atoms with van der Waals surface area (Å²) < 4.78 is 32.3. The van der Waals surface area contributed by atoms with Gasteiger partial charge in [0.2, 0.25) is 0 Å². The molecule has 0 aromatic heterocycles. The maximum atomic E-state index is 11.7. The lowest BCUT2D eigenvalue weighted by molar-refractivity contribution is 0.121. The second-order valence-corrected chi connectivity index (χ2v) is 6.79. The standard InChI is InChI=1S/C11H23N3O4S/c1-9(2)18-10(15)14-19(16,17)13-8-11(7-12)5-3-4-6-11/h9,13H,3-8,12H2,1-2H3,(H,14,15). The van der Waals surface area contributed by atoms with Crippen LogP contribution in [0.25, 0.3) is 0 Å². The number of carbonyl (C=O) groups is 1. The molecule has 0 aliphatic heterocycles. The molecule has 0 aromatic carbocycles. The average molecular weight is 293 g/mol. The summed E-state index contributed by atoms with van der Waals surface area (Å²) in [6.45, 7) is 3.96. The highest BCUT2D eigenvalue weighted by Crippen LogP contribution is 2.36. The number of carbonyl (C=O) groups excluding carboxylic acids is 1. The molecule has 0 heterocycles. The van der Waals surface area contributed by atoms with Crippen LogP contribution in [0, 0.1) is 5.41 Å². The molecule has 1 fully saturated rings. The molecule has 0 atom stereocenters. The first-order chi connectivity index (χ1) is 8.79. The summed E-state index contributed by atoms with van der Waals surface area (Å²) in [7, 11) is -3.89. The topological polar surface area (TPSA) is 111 Å². The van der Waals surface area contributed by atoms with E-state index in [0.717, 1.165) is 25.7 Å². The lowest BCUT2D eigenvalue weighted by atomic mass is 9.87. The van der Waals surface area contributed by atoms with Gasteiger partial charge in [0.05, 0.1) is 6.10 Å². The van der Waals surface area contributed by atoms with E-state index in [0.29, 0.717) is 6.54 Å². The predicted octanol–water partition coefficient (Wildman–Crippen LogP) is 0.475. The second kappa shape index (κ2) is 6.53. The molecule has 1 aliphatic carbocycles. The molecule has 0 radical (unpaired) electrons. The molecule has 19 heavy (non-hydrogen) atoms. The molecule has 7 nitrogen and oxygen atoms in total. The fraction of sp³-hybridized carbons (Fsp3) is 0.909. The third-order valence-electron chi connectivity index (χ3n) is 3.29. The van der Waals surface area contributed by atoms with Gasteiger partial charge in [-0.05, 0) is 38.6 Å². The van der Waals surface area contributed by atoms with Gasteiger partial charge in [-0.25, -0.2) is 9.52 Å². The van der Waals surface area contributed by atoms with Crippen LogP contribution in [0.5, 0.6) is 0 Å². The van der Waals surface area contributed by atoms with E-state index in [1.807, 2.05) is 4.72 Å². The van der Waals surface area contributed by atoms with Gasteiger partial charge in [-0.1, -0.05) is 12.8 Å². The summed E-state index contributed by atoms with van der Waals surface area (Å²) >= 11 is 0. The van der Waals surface area contributed by atoms with Crippen LogP contribution < -0.4 is 15.2 Å². The van der Waals surface area contributed by atoms with Crippen LogP contribution in [0.1, 0.15) is 39.5 Å². The minimum Gasteiger partial charge on any atom is -0.446 e. The number of amides is 1. The Hall–Kier alpha value is -0.860. The van der Waals surface area contributed by atoms with Crippen molar-refractivity contribution in [2.75, 3.05) is 13.1 Å². The molecule has 1 amide bonds. The maximum Gasteiger partial charge on any atom is 0.422 e. The van der Waals surface area contributed by atoms with Gasteiger partial charge in [0.15, 0.2) is 0 Å². The summed E-state index contributed by atoms with van der Waals surface area (Å²) in [5.41, 5.74) is 5.53. The summed E-state index contributed by atoms with van der Waals surface area (Å²) in [6, 6.07) is 0. The highest BCUT2D eigenvalue weighted by atomic mass is 32.2. The minimum atomic E-state index is -3.89. The van der Waals surface area contributed by atoms with Gasteiger partial charge >= 0.3 is 16.3 Å². The van der Waals surface area contributed by atoms with E-state index in [4.69, 9.17) is 10.5 Å². The first-order valence-electron chi connectivity index (χ1n) is 6.47. The van der Waals surface area contributed by atoms with Gasteiger partial charge in [0.1, 0.15) is 0 Å². The Bertz CT molecular complexity index is 402. The van der Waals surface area contributed by atoms with Crippen LogP contribution >= 0.6 is 0 Å². The first kappa shape index (κ1) is 16.2. The van der Waals surface area contributed by atoms with Gasteiger partial charge in [-0.2, -0.15) is 13.1 Å². The fourth-order valence-corrected chi connectivity index (χ4v) is 3.05. The van der Waals surface area contributed by atoms with Crippen molar-refractivity contribution in [3.05, 3.63) is 0 Å². The van der Waals surface area contributed by atoms with E-state index in [2.05, 4.69) is 4.72 Å². The highest BCUT2D eigenvalue weighted by Gasteiger charge is 2.33. The molecule has 112 valence electrons. The van der Waals surface area contributed by atoms with E-state index in [-0.39, 0.29) is 18.1 Å². The molecule has 0 unspecified atom stereocenters. The lowest BCUT2D eigenvalue weighted by Gasteiger charge is -2.27. The van der Waals surface area contributed by atoms with Gasteiger partial charge in [-0.15, -0.1) is 0 Å². The molecule has 0 saturated heterocycles. The molecular formula is C11H23N3O4S. The van der Waals surface area contributed by atoms with E-state index in [1.165, 1.54) is 0 Å². The van der Waals surface area contributed by atoms with Crippen LogP contribution in [-0.2, 0) is 14.9 Å². The lowest BCUT2D eigenvalue weighted by Crippen LogP contribution is -2.47. The largest absolute Gasteiger partial charge is 0.446 e. The van der Waals surface area contributed by atoms with Crippen molar-refractivity contribution in [3.8, 4) is 0 Å². The Labute approximate surface area is 114 Å². The smallest absolute Gasteiger partial charge is 0.422 e. The number of rotatable bonds is 6. The van der Waals surface area contributed by atoms with Gasteiger partial charge in [0, 0.05) is 6.54 Å². The second-order valence-electron chi connectivity index (χ2n) is 5.29. The number of nitrogens with one attached hydrogen (secondary N) is 2. The molecule has 0 spiro atoms. The molecule has 0 aromatic rings. The number of hydrogen-bond acceptors (Lipinski definition) is 5. The van der Waals surface area contributed by atoms with Crippen LogP contribution in [0.4, 0.5) is 4.79 Å². The SMILES string of the molecule is CC(C)OC(=O)NS(=O)(=O)NCC1(CN)CCCC1. The van der Waals surface area contributed by atoms with Crippen molar-refractivity contribution in [3.63, 3.8) is 0 Å². The third-order valence-corrected chi connectivity index (χ3v) is 4.25. The number of ether oxygens (including phenoxy) is 1. The zero-order valence-electron chi connectivity index (χ0n) is 11.4. The van der Waals surface area contributed by atoms with E-state index in [9.17, 15) is 13.2 Å². The molecule has 1 aliphatic rings. The Balaban J connectivity index is 2.48. The Morgan fingerprint density at radius 3 is 2.42 bits per heavy atom. The van der Waals surface area contributed by atoms with E-state index < -0.39 is 16.3 Å². The van der Waals surface area contributed by atoms with Crippen molar-refractivity contribution in [2.45, 2.75) is 45.6 Å². The predicted molar refractivity (Wildman–Crippen MR) is 71.6 cm³/mol. The zero-order valence-corrected chi connectivity index (χ0v) is 12.3. The van der Waals surface area contributed by atoms with Crippen LogP contribution in [-0.4, -0.2) is 33.7 Å². The highest BCUT2D eigenvalue weighted by molar-refractivity contribution is 7.88. The van der Waals surface area contributed by atoms with E-state index in [1.54, 1.807) is 13.8 Å². The van der Waals surface area contributed by atoms with Gasteiger partial charge in [-0.3, -0.25) is 0 Å². The monoisotopic (exact) mass is 293 g/mol. The van der Waals surface area contributed by atoms with Crippen molar-refractivity contribution in [2.24, 2.45) is 11.1 Å². The molecule has 1 rings (SSSR count). The van der Waals surface area contributed by atoms with Crippen molar-refractivity contribution in [1.29, 1.82) is 0 Å². The summed E-state index contributed by atoms with van der Waals surface area (Å²) in [5, 5.41) is 0. The first-order valence-corrected chi connectivity index (χ1v) is 7.95. The molecular weight excluding hydrogens is 270 g/mol. The molecule has 8 heteroatoms. The minimum absolute atomic E-state index is 0.184. The summed E-state index contributed by atoms with van der Waals surface area (Å²) in [5.74, 6) is 0. The zero-order chi connectivity index (χ0) is 14.5. The Morgan fingerprint density at radius 1 is 1.37 bits per heavy atom. The summed E-state index contributed by atoms with van der Waals surface area (Å²) in [4.78, 5) is 11.2. The van der Waals surface area contributed by atoms with E-state index >= 15 is 0 Å². The van der Waals surface area contributed by atoms with Gasteiger partial charge < -0.3 is 10.5 Å². The normalized spacial score (nSPS) is 18.5. The Morgan fingerprint density at radius 2 is 1.95 bits per heavy atom. The molecule has 1 saturated carbocycles. The van der Waals surface area contributed by atoms with Crippen LogP contribution in [0.3, 0.4) is 0 Å². The number of nitrogens with two attached hydrogens (primary N) is 1. The van der Waals surface area contributed by atoms with Crippen molar-refractivity contribution >= 4 is 16.3 Å². The molecule has 0 bridgehead atoms. The van der Waals surface area contributed by atoms with Crippen LogP contribution in [0.15, 0.2) is 0 Å². The summed E-state index contributed by atoms with van der Waals surface area (Å²) in [6.07, 6.45) is 2.57. The van der Waals surface area contributed by atoms with Crippen LogP contribution in [0.2, 0.25) is 0 Å². The quantitative estimate of drug-likeness (QED) is 0.659. The maximum absolute atomic E-state index is 11.7. The molecule has 4 N–H and O–H groups in total. The average Bonchev–Trinajstić information content (AvgIpc) is 2.74. The Kier molecular flexibility index (Phi) is 5.57. The van der Waals surface area contributed by atoms with Crippen molar-refractivity contribution in [1.82, 2.24) is 9.44 Å².